The van der Waals surface area contributed by atoms with Crippen molar-refractivity contribution in [3.63, 3.8) is 0 Å². The van der Waals surface area contributed by atoms with Crippen LogP contribution in [0.2, 0.25) is 5.15 Å². The number of aromatic nitrogens is 2. The number of halogens is 1. The number of methoxy groups -OCH3 is 1. The van der Waals surface area contributed by atoms with Crippen LogP contribution in [0, 0.1) is 0 Å². The van der Waals surface area contributed by atoms with Gasteiger partial charge >= 0.3 is 5.97 Å². The van der Waals surface area contributed by atoms with E-state index in [9.17, 15) is 9.59 Å². The predicted molar refractivity (Wildman–Crippen MR) is 64.7 cm³/mol. The van der Waals surface area contributed by atoms with E-state index in [0.717, 1.165) is 0 Å². The number of amides is 1. The van der Waals surface area contributed by atoms with Crippen LogP contribution in [0.4, 0.5) is 0 Å². The third kappa shape index (κ3) is 2.99. The highest BCUT2D eigenvalue weighted by atomic mass is 35.5. The highest BCUT2D eigenvalue weighted by Crippen LogP contribution is 2.13. The van der Waals surface area contributed by atoms with Crippen molar-refractivity contribution in [2.45, 2.75) is 6.04 Å². The average molecular weight is 286 g/mol. The lowest BCUT2D eigenvalue weighted by Crippen LogP contribution is -2.53. The van der Waals surface area contributed by atoms with Gasteiger partial charge in [0.25, 0.3) is 5.91 Å². The molecule has 0 bridgehead atoms. The van der Waals surface area contributed by atoms with Crippen molar-refractivity contribution in [1.82, 2.24) is 15.1 Å². The van der Waals surface area contributed by atoms with Crippen molar-refractivity contribution in [3.05, 3.63) is 23.0 Å². The fourth-order valence-electron chi connectivity index (χ4n) is 1.76. The summed E-state index contributed by atoms with van der Waals surface area (Å²) in [5, 5.41) is 7.51. The van der Waals surface area contributed by atoms with Crippen molar-refractivity contribution in [2.75, 3.05) is 26.9 Å². The lowest BCUT2D eigenvalue weighted by Gasteiger charge is -2.33. The molecule has 1 saturated heterocycles. The fraction of sp³-hybridized carbons (Fsp3) is 0.455. The van der Waals surface area contributed by atoms with Gasteiger partial charge in [-0.25, -0.2) is 4.79 Å². The minimum Gasteiger partial charge on any atom is -0.467 e. The van der Waals surface area contributed by atoms with Gasteiger partial charge in [0.1, 0.15) is 0 Å². The van der Waals surface area contributed by atoms with Gasteiger partial charge in [-0.3, -0.25) is 4.79 Å². The molecule has 1 aromatic heterocycles. The number of esters is 1. The topological polar surface area (TPSA) is 81.6 Å². The molecule has 7 nitrogen and oxygen atoms in total. The normalized spacial score (nSPS) is 19.1. The molecule has 0 N–H and O–H groups in total. The third-order valence-corrected chi connectivity index (χ3v) is 2.92. The Morgan fingerprint density at radius 2 is 2.26 bits per heavy atom. The number of rotatable bonds is 2. The van der Waals surface area contributed by atoms with Crippen LogP contribution in [-0.2, 0) is 14.3 Å². The molecule has 0 radical (unpaired) electrons. The van der Waals surface area contributed by atoms with Crippen LogP contribution in [0.1, 0.15) is 10.5 Å². The standard InChI is InChI=1S/C11H12ClN3O4/c1-18-11(17)8-6-19-5-4-15(8)10(16)7-2-3-9(12)14-13-7/h2-3,8H,4-6H2,1H3. The lowest BCUT2D eigenvalue weighted by atomic mass is 10.2. The summed E-state index contributed by atoms with van der Waals surface area (Å²) in [5.74, 6) is -0.919. The molecule has 2 rings (SSSR count). The molecule has 102 valence electrons. The maximum atomic E-state index is 12.3. The molecule has 1 fully saturated rings. The van der Waals surface area contributed by atoms with Crippen LogP contribution in [-0.4, -0.2) is 59.9 Å². The molecule has 2 heterocycles. The summed E-state index contributed by atoms with van der Waals surface area (Å²) in [6, 6.07) is 2.17. The first-order valence-electron chi connectivity index (χ1n) is 5.59. The van der Waals surface area contributed by atoms with Crippen molar-refractivity contribution >= 4 is 23.5 Å². The van der Waals surface area contributed by atoms with Gasteiger partial charge in [-0.05, 0) is 12.1 Å². The first kappa shape index (κ1) is 13.7. The van der Waals surface area contributed by atoms with Gasteiger partial charge in [0.15, 0.2) is 16.9 Å². The summed E-state index contributed by atoms with van der Waals surface area (Å²) in [6.07, 6.45) is 0. The smallest absolute Gasteiger partial charge is 0.331 e. The molecule has 1 aliphatic rings. The molecule has 8 heteroatoms. The SMILES string of the molecule is COC(=O)C1COCCN1C(=O)c1ccc(Cl)nn1. The largest absolute Gasteiger partial charge is 0.467 e. The minimum atomic E-state index is -0.760. The van der Waals surface area contributed by atoms with Gasteiger partial charge < -0.3 is 14.4 Å². The Bertz CT molecular complexity index is 479. The Kier molecular flexibility index (Phi) is 4.28. The Hall–Kier alpha value is -1.73. The van der Waals surface area contributed by atoms with Crippen LogP contribution in [0.15, 0.2) is 12.1 Å². The number of nitrogens with zero attached hydrogens (tertiary/aromatic N) is 3. The number of carbonyl (C=O) groups is 2. The monoisotopic (exact) mass is 285 g/mol. The molecule has 1 aliphatic heterocycles. The second-order valence-electron chi connectivity index (χ2n) is 3.85. The third-order valence-electron chi connectivity index (χ3n) is 2.71. The number of hydrogen-bond donors (Lipinski definition) is 0. The molecule has 19 heavy (non-hydrogen) atoms. The van der Waals surface area contributed by atoms with Gasteiger partial charge in [-0.1, -0.05) is 11.6 Å². The first-order valence-corrected chi connectivity index (χ1v) is 5.97. The zero-order valence-corrected chi connectivity index (χ0v) is 11.0. The zero-order valence-electron chi connectivity index (χ0n) is 10.2. The summed E-state index contributed by atoms with van der Waals surface area (Å²) in [7, 11) is 1.27. The molecule has 1 unspecified atom stereocenters. The lowest BCUT2D eigenvalue weighted by molar-refractivity contribution is -0.151. The Morgan fingerprint density at radius 3 is 2.89 bits per heavy atom. The van der Waals surface area contributed by atoms with Crippen molar-refractivity contribution in [3.8, 4) is 0 Å². The first-order chi connectivity index (χ1) is 9.13. The van der Waals surface area contributed by atoms with Gasteiger partial charge in [-0.15, -0.1) is 10.2 Å². The van der Waals surface area contributed by atoms with Crippen LogP contribution in [0.5, 0.6) is 0 Å². The molecule has 0 spiro atoms. The maximum Gasteiger partial charge on any atom is 0.331 e. The van der Waals surface area contributed by atoms with E-state index in [-0.39, 0.29) is 17.5 Å². The second kappa shape index (κ2) is 5.94. The molecular weight excluding hydrogens is 274 g/mol. The molecule has 1 atom stereocenters. The van der Waals surface area contributed by atoms with Crippen molar-refractivity contribution in [1.29, 1.82) is 0 Å². The minimum absolute atomic E-state index is 0.111. The van der Waals surface area contributed by atoms with Gasteiger partial charge in [0.2, 0.25) is 0 Å². The number of hydrogen-bond acceptors (Lipinski definition) is 6. The molecule has 1 amide bonds. The molecule has 0 aromatic carbocycles. The number of morpholine rings is 1. The second-order valence-corrected chi connectivity index (χ2v) is 4.24. The van der Waals surface area contributed by atoms with E-state index in [1.807, 2.05) is 0 Å². The van der Waals surface area contributed by atoms with Crippen molar-refractivity contribution in [2.24, 2.45) is 0 Å². The van der Waals surface area contributed by atoms with E-state index < -0.39 is 17.9 Å². The predicted octanol–water partition coefficient (Wildman–Crippen LogP) is 0.144. The van der Waals surface area contributed by atoms with Crippen molar-refractivity contribution < 1.29 is 19.1 Å². The van der Waals surface area contributed by atoms with Gasteiger partial charge in [0.05, 0.1) is 20.3 Å². The average Bonchev–Trinajstić information content (AvgIpc) is 2.46. The van der Waals surface area contributed by atoms with E-state index in [0.29, 0.717) is 13.2 Å². The van der Waals surface area contributed by atoms with E-state index >= 15 is 0 Å². The zero-order chi connectivity index (χ0) is 13.8. The number of carbonyl (C=O) groups excluding carboxylic acids is 2. The molecule has 1 aromatic rings. The summed E-state index contributed by atoms with van der Waals surface area (Å²) in [4.78, 5) is 25.2. The molecule has 0 aliphatic carbocycles. The van der Waals surface area contributed by atoms with Gasteiger partial charge in [0, 0.05) is 6.54 Å². The van der Waals surface area contributed by atoms with Crippen LogP contribution in [0.3, 0.4) is 0 Å². The van der Waals surface area contributed by atoms with Crippen LogP contribution < -0.4 is 0 Å². The van der Waals surface area contributed by atoms with E-state index in [2.05, 4.69) is 14.9 Å². The quantitative estimate of drug-likeness (QED) is 0.719. The Balaban J connectivity index is 2.20. The molecule has 0 saturated carbocycles. The summed E-state index contributed by atoms with van der Waals surface area (Å²) >= 11 is 5.61. The summed E-state index contributed by atoms with van der Waals surface area (Å²) in [5.41, 5.74) is 0.125. The van der Waals surface area contributed by atoms with Crippen LogP contribution >= 0.6 is 11.6 Å². The fourth-order valence-corrected chi connectivity index (χ4v) is 1.86. The van der Waals surface area contributed by atoms with E-state index in [4.69, 9.17) is 16.3 Å². The van der Waals surface area contributed by atoms with Crippen LogP contribution in [0.25, 0.3) is 0 Å². The molecular formula is C11H12ClN3O4. The highest BCUT2D eigenvalue weighted by Gasteiger charge is 2.34. The summed E-state index contributed by atoms with van der Waals surface area (Å²) < 4.78 is 9.84. The van der Waals surface area contributed by atoms with Gasteiger partial charge in [-0.2, -0.15) is 0 Å². The van der Waals surface area contributed by atoms with E-state index in [1.165, 1.54) is 24.1 Å². The number of ether oxygens (including phenoxy) is 2. The van der Waals surface area contributed by atoms with E-state index in [1.54, 1.807) is 0 Å². The Labute approximate surface area is 114 Å². The summed E-state index contributed by atoms with van der Waals surface area (Å²) in [6.45, 7) is 0.766. The maximum absolute atomic E-state index is 12.3. The Morgan fingerprint density at radius 1 is 1.47 bits per heavy atom. The highest BCUT2D eigenvalue weighted by molar-refractivity contribution is 6.29.